The van der Waals surface area contributed by atoms with Crippen molar-refractivity contribution in [1.82, 2.24) is 0 Å². The first-order valence-corrected chi connectivity index (χ1v) is 9.82. The third kappa shape index (κ3) is 3.66. The van der Waals surface area contributed by atoms with Gasteiger partial charge < -0.3 is 9.16 Å². The summed E-state index contributed by atoms with van der Waals surface area (Å²) in [6.45, 7) is 11.4. The third-order valence-corrected chi connectivity index (χ3v) is 8.57. The summed E-state index contributed by atoms with van der Waals surface area (Å²) in [5.41, 5.74) is 0.689. The fraction of sp³-hybridized carbons (Fsp3) is 0.750. The molecule has 0 fully saturated rings. The van der Waals surface area contributed by atoms with E-state index >= 15 is 0 Å². The molecule has 0 saturated heterocycles. The minimum atomic E-state index is -1.76. The number of carbonyl (C=O) groups is 1. The first kappa shape index (κ1) is 14.9. The van der Waals surface area contributed by atoms with Crippen LogP contribution in [-0.2, 0) is 14.0 Å². The summed E-state index contributed by atoms with van der Waals surface area (Å²) in [6, 6.07) is 0. The van der Waals surface area contributed by atoms with Crippen molar-refractivity contribution in [3.63, 3.8) is 0 Å². The van der Waals surface area contributed by atoms with Gasteiger partial charge in [-0.1, -0.05) is 36.7 Å². The number of halogens is 1. The average molecular weight is 321 g/mol. The molecular weight excluding hydrogens is 300 g/mol. The second-order valence-electron chi connectivity index (χ2n) is 5.84. The van der Waals surface area contributed by atoms with Gasteiger partial charge in [0.2, 0.25) is 0 Å². The second kappa shape index (κ2) is 5.24. The molecule has 1 aliphatic rings. The molecule has 0 amide bonds. The Morgan fingerprint density at radius 2 is 2.06 bits per heavy atom. The maximum absolute atomic E-state index is 11.4. The molecule has 0 aromatic heterocycles. The Hall–Kier alpha value is -0.133. The summed E-state index contributed by atoms with van der Waals surface area (Å²) in [5, 5.41) is 0.722. The van der Waals surface area contributed by atoms with Crippen molar-refractivity contribution in [3.8, 4) is 0 Å². The number of alkyl halides is 1. The van der Waals surface area contributed by atoms with E-state index in [1.807, 2.05) is 6.08 Å². The Kier molecular flexibility index (Phi) is 4.60. The van der Waals surface area contributed by atoms with E-state index in [1.165, 1.54) is 0 Å². The zero-order chi connectivity index (χ0) is 13.3. The van der Waals surface area contributed by atoms with Gasteiger partial charge in [-0.25, -0.2) is 4.79 Å². The molecule has 0 aliphatic carbocycles. The van der Waals surface area contributed by atoms with E-state index in [9.17, 15) is 4.79 Å². The summed E-state index contributed by atoms with van der Waals surface area (Å²) in [4.78, 5) is 11.4. The van der Waals surface area contributed by atoms with Crippen LogP contribution in [-0.4, -0.2) is 32.3 Å². The molecule has 0 unspecified atom stereocenters. The molecule has 1 atom stereocenters. The highest BCUT2D eigenvalue weighted by Gasteiger charge is 2.38. The lowest BCUT2D eigenvalue weighted by atomic mass is 10.2. The molecule has 1 rings (SSSR count). The van der Waals surface area contributed by atoms with E-state index in [2.05, 4.69) is 49.8 Å². The van der Waals surface area contributed by atoms with E-state index in [1.54, 1.807) is 0 Å². The van der Waals surface area contributed by atoms with Crippen LogP contribution >= 0.6 is 15.9 Å². The fourth-order valence-corrected chi connectivity index (χ4v) is 2.66. The summed E-state index contributed by atoms with van der Waals surface area (Å²) in [6.07, 6.45) is 1.63. The van der Waals surface area contributed by atoms with Crippen molar-refractivity contribution in [3.05, 3.63) is 11.6 Å². The molecule has 0 saturated carbocycles. The van der Waals surface area contributed by atoms with Crippen LogP contribution in [0.15, 0.2) is 11.6 Å². The van der Waals surface area contributed by atoms with Crippen molar-refractivity contribution in [2.75, 3.05) is 11.9 Å². The Bertz CT molecular complexity index is 331. The Morgan fingerprint density at radius 1 is 1.47 bits per heavy atom. The molecule has 0 aromatic carbocycles. The Balaban J connectivity index is 2.54. The lowest BCUT2D eigenvalue weighted by Crippen LogP contribution is -2.42. The van der Waals surface area contributed by atoms with E-state index in [-0.39, 0.29) is 17.1 Å². The molecule has 1 heterocycles. The molecule has 0 N–H and O–H groups in total. The predicted octanol–water partition coefficient (Wildman–Crippen LogP) is 3.25. The van der Waals surface area contributed by atoms with E-state index in [4.69, 9.17) is 9.16 Å². The number of hydrogen-bond acceptors (Lipinski definition) is 3. The standard InChI is InChI=1S/C12H21BrO3Si/c1-12(2,3)17(4,5)15-8-10-6-9(7-13)11(14)16-10/h6,10H,7-8H2,1-5H3/t10-/m0/s1. The maximum atomic E-state index is 11.4. The molecule has 0 radical (unpaired) electrons. The van der Waals surface area contributed by atoms with E-state index in [0.29, 0.717) is 17.5 Å². The zero-order valence-electron chi connectivity index (χ0n) is 11.2. The number of carbonyl (C=O) groups excluding carboxylic acids is 1. The van der Waals surface area contributed by atoms with Crippen LogP contribution in [0, 0.1) is 0 Å². The minimum absolute atomic E-state index is 0.178. The van der Waals surface area contributed by atoms with Gasteiger partial charge in [0.15, 0.2) is 8.32 Å². The van der Waals surface area contributed by atoms with Crippen molar-refractivity contribution >= 4 is 30.2 Å². The van der Waals surface area contributed by atoms with Gasteiger partial charge in [-0.05, 0) is 24.2 Å². The van der Waals surface area contributed by atoms with Gasteiger partial charge in [-0.15, -0.1) is 0 Å². The van der Waals surface area contributed by atoms with Gasteiger partial charge in [-0.2, -0.15) is 0 Å². The molecule has 0 bridgehead atoms. The van der Waals surface area contributed by atoms with Crippen LogP contribution in [0.4, 0.5) is 0 Å². The van der Waals surface area contributed by atoms with Crippen molar-refractivity contribution < 1.29 is 14.0 Å². The number of hydrogen-bond donors (Lipinski definition) is 0. The maximum Gasteiger partial charge on any atom is 0.335 e. The SMILES string of the molecule is CC(C)(C)[Si](C)(C)OC[C@@H]1C=C(CBr)C(=O)O1. The van der Waals surface area contributed by atoms with Gasteiger partial charge in [0, 0.05) is 10.9 Å². The molecule has 0 spiro atoms. The molecule has 1 aliphatic heterocycles. The highest BCUT2D eigenvalue weighted by Crippen LogP contribution is 2.36. The highest BCUT2D eigenvalue weighted by molar-refractivity contribution is 9.09. The summed E-state index contributed by atoms with van der Waals surface area (Å²) in [7, 11) is -1.76. The average Bonchev–Trinajstić information content (AvgIpc) is 2.54. The molecule has 98 valence electrons. The van der Waals surface area contributed by atoms with Gasteiger partial charge >= 0.3 is 5.97 Å². The van der Waals surface area contributed by atoms with Gasteiger partial charge in [-0.3, -0.25) is 0 Å². The number of cyclic esters (lactones) is 1. The number of ether oxygens (including phenoxy) is 1. The summed E-state index contributed by atoms with van der Waals surface area (Å²) >= 11 is 3.27. The first-order chi connectivity index (χ1) is 7.67. The van der Waals surface area contributed by atoms with Gasteiger partial charge in [0.1, 0.15) is 6.10 Å². The monoisotopic (exact) mass is 320 g/mol. The highest BCUT2D eigenvalue weighted by atomic mass is 79.9. The zero-order valence-corrected chi connectivity index (χ0v) is 13.8. The summed E-state index contributed by atoms with van der Waals surface area (Å²) < 4.78 is 11.2. The van der Waals surface area contributed by atoms with E-state index in [0.717, 1.165) is 0 Å². The summed E-state index contributed by atoms with van der Waals surface area (Å²) in [5.74, 6) is -0.231. The number of esters is 1. The molecule has 17 heavy (non-hydrogen) atoms. The molecular formula is C12H21BrO3Si. The second-order valence-corrected chi connectivity index (χ2v) is 11.2. The van der Waals surface area contributed by atoms with Crippen molar-refractivity contribution in [2.45, 2.75) is 45.0 Å². The third-order valence-electron chi connectivity index (χ3n) is 3.47. The quantitative estimate of drug-likeness (QED) is 0.453. The van der Waals surface area contributed by atoms with Crippen LogP contribution in [0.2, 0.25) is 18.1 Å². The van der Waals surface area contributed by atoms with E-state index < -0.39 is 8.32 Å². The molecule has 3 nitrogen and oxygen atoms in total. The topological polar surface area (TPSA) is 35.5 Å². The predicted molar refractivity (Wildman–Crippen MR) is 74.9 cm³/mol. The van der Waals surface area contributed by atoms with Crippen molar-refractivity contribution in [2.24, 2.45) is 0 Å². The van der Waals surface area contributed by atoms with Gasteiger partial charge in [0.05, 0.1) is 6.61 Å². The van der Waals surface area contributed by atoms with Gasteiger partial charge in [0.25, 0.3) is 0 Å². The number of rotatable bonds is 4. The largest absolute Gasteiger partial charge is 0.452 e. The van der Waals surface area contributed by atoms with Crippen LogP contribution in [0.25, 0.3) is 0 Å². The molecule has 0 aromatic rings. The normalized spacial score (nSPS) is 21.4. The lowest BCUT2D eigenvalue weighted by molar-refractivity contribution is -0.140. The smallest absolute Gasteiger partial charge is 0.335 e. The minimum Gasteiger partial charge on any atom is -0.452 e. The Morgan fingerprint density at radius 3 is 2.47 bits per heavy atom. The van der Waals surface area contributed by atoms with Crippen molar-refractivity contribution in [1.29, 1.82) is 0 Å². The fourth-order valence-electron chi connectivity index (χ4n) is 1.23. The molecule has 5 heteroatoms. The van der Waals surface area contributed by atoms with Crippen LogP contribution in [0.5, 0.6) is 0 Å². The van der Waals surface area contributed by atoms with Crippen LogP contribution < -0.4 is 0 Å². The van der Waals surface area contributed by atoms with Crippen LogP contribution in [0.3, 0.4) is 0 Å². The lowest BCUT2D eigenvalue weighted by Gasteiger charge is -2.36. The Labute approximate surface area is 113 Å². The van der Waals surface area contributed by atoms with Crippen LogP contribution in [0.1, 0.15) is 20.8 Å². The first-order valence-electron chi connectivity index (χ1n) is 5.79.